The summed E-state index contributed by atoms with van der Waals surface area (Å²) in [5, 5.41) is -1.03. The van der Waals surface area contributed by atoms with Crippen LogP contribution in [0.1, 0.15) is 11.3 Å². The number of alkyl halides is 3. The average Bonchev–Trinajstić information content (AvgIpc) is 3.08. The summed E-state index contributed by atoms with van der Waals surface area (Å²) >= 11 is 0. The van der Waals surface area contributed by atoms with Crippen molar-refractivity contribution in [2.24, 2.45) is 0 Å². The molecule has 27 heavy (non-hydrogen) atoms. The minimum absolute atomic E-state index is 0.112. The molecule has 0 saturated heterocycles. The Labute approximate surface area is 154 Å². The van der Waals surface area contributed by atoms with E-state index in [0.717, 1.165) is 11.9 Å². The highest BCUT2D eigenvalue weighted by Crippen LogP contribution is 2.37. The Hall–Kier alpha value is -2.81. The molecule has 0 N–H and O–H groups in total. The summed E-state index contributed by atoms with van der Waals surface area (Å²) in [6, 6.07) is 11.3. The van der Waals surface area contributed by atoms with E-state index in [1.165, 1.54) is 55.6 Å². The molecule has 0 fully saturated rings. The Morgan fingerprint density at radius 2 is 1.59 bits per heavy atom. The monoisotopic (exact) mass is 396 g/mol. The molecule has 0 aliphatic rings. The zero-order valence-electron chi connectivity index (χ0n) is 14.4. The molecule has 0 spiro atoms. The summed E-state index contributed by atoms with van der Waals surface area (Å²) in [5.41, 5.74) is -0.456. The van der Waals surface area contributed by atoms with Gasteiger partial charge in [0.15, 0.2) is 10.7 Å². The molecule has 0 aliphatic heterocycles. The van der Waals surface area contributed by atoms with Crippen molar-refractivity contribution < 1.29 is 26.3 Å². The number of nitrogens with zero attached hydrogens (tertiary/aromatic N) is 2. The Bertz CT molecular complexity index is 1050. The van der Waals surface area contributed by atoms with Crippen molar-refractivity contribution in [3.8, 4) is 11.4 Å². The maximum Gasteiger partial charge on any atom is 0.434 e. The standard InChI is InChI=1S/C18H15F3N2O3S/c1-12-3-9-15(10-4-12)27(24,25)17-16(18(19,20)21)23(11-22-17)13-5-7-14(26-2)8-6-13/h3-11H,1-2H3. The maximum atomic E-state index is 13.7. The summed E-state index contributed by atoms with van der Waals surface area (Å²) in [6.45, 7) is 1.75. The second kappa shape index (κ2) is 6.73. The lowest BCUT2D eigenvalue weighted by Gasteiger charge is -2.13. The number of aromatic nitrogens is 2. The van der Waals surface area contributed by atoms with Crippen LogP contribution in [-0.4, -0.2) is 25.1 Å². The van der Waals surface area contributed by atoms with E-state index in [1.54, 1.807) is 6.92 Å². The van der Waals surface area contributed by atoms with Crippen LogP contribution < -0.4 is 4.74 Å². The zero-order valence-corrected chi connectivity index (χ0v) is 15.2. The summed E-state index contributed by atoms with van der Waals surface area (Å²) in [4.78, 5) is 3.34. The van der Waals surface area contributed by atoms with Crippen molar-refractivity contribution in [3.63, 3.8) is 0 Å². The van der Waals surface area contributed by atoms with Crippen LogP contribution in [0.3, 0.4) is 0 Å². The first-order chi connectivity index (χ1) is 12.6. The first kappa shape index (κ1) is 19.0. The summed E-state index contributed by atoms with van der Waals surface area (Å²) in [7, 11) is -3.02. The molecule has 0 radical (unpaired) electrons. The van der Waals surface area contributed by atoms with Gasteiger partial charge in [0, 0.05) is 5.69 Å². The number of hydrogen-bond donors (Lipinski definition) is 0. The fraction of sp³-hybridized carbons (Fsp3) is 0.167. The molecule has 0 saturated carbocycles. The number of aryl methyl sites for hydroxylation is 1. The third-order valence-electron chi connectivity index (χ3n) is 3.94. The first-order valence-corrected chi connectivity index (χ1v) is 9.23. The van der Waals surface area contributed by atoms with Crippen LogP contribution in [0.4, 0.5) is 13.2 Å². The molecule has 0 amide bonds. The molecule has 3 rings (SSSR count). The van der Waals surface area contributed by atoms with Crippen LogP contribution in [0.5, 0.6) is 5.75 Å². The first-order valence-electron chi connectivity index (χ1n) is 7.75. The molecular formula is C18H15F3N2O3S. The molecule has 0 unspecified atom stereocenters. The summed E-state index contributed by atoms with van der Waals surface area (Å²) < 4.78 is 72.4. The van der Waals surface area contributed by atoms with E-state index in [0.29, 0.717) is 10.3 Å². The lowest BCUT2D eigenvalue weighted by molar-refractivity contribution is -0.144. The van der Waals surface area contributed by atoms with Crippen molar-refractivity contribution in [1.29, 1.82) is 0 Å². The van der Waals surface area contributed by atoms with Gasteiger partial charge in [-0.15, -0.1) is 0 Å². The molecule has 142 valence electrons. The van der Waals surface area contributed by atoms with Crippen LogP contribution >= 0.6 is 0 Å². The van der Waals surface area contributed by atoms with Crippen molar-refractivity contribution >= 4 is 9.84 Å². The van der Waals surface area contributed by atoms with Crippen LogP contribution in [-0.2, 0) is 16.0 Å². The number of imidazole rings is 1. The number of hydrogen-bond acceptors (Lipinski definition) is 4. The minimum atomic E-state index is -4.93. The highest BCUT2D eigenvalue weighted by molar-refractivity contribution is 7.91. The van der Waals surface area contributed by atoms with Gasteiger partial charge < -0.3 is 4.74 Å². The van der Waals surface area contributed by atoms with Crippen molar-refractivity contribution in [1.82, 2.24) is 9.55 Å². The van der Waals surface area contributed by atoms with E-state index in [9.17, 15) is 21.6 Å². The molecule has 1 aromatic heterocycles. The van der Waals surface area contributed by atoms with Gasteiger partial charge in [-0.1, -0.05) is 17.7 Å². The van der Waals surface area contributed by atoms with Crippen LogP contribution in [0.2, 0.25) is 0 Å². The number of ether oxygens (including phenoxy) is 1. The van der Waals surface area contributed by atoms with Gasteiger partial charge in [-0.2, -0.15) is 13.2 Å². The minimum Gasteiger partial charge on any atom is -0.497 e. The van der Waals surface area contributed by atoms with Crippen molar-refractivity contribution in [2.45, 2.75) is 23.0 Å². The molecule has 5 nitrogen and oxygen atoms in total. The fourth-order valence-electron chi connectivity index (χ4n) is 2.55. The SMILES string of the molecule is COc1ccc(-n2cnc(S(=O)(=O)c3ccc(C)cc3)c2C(F)(F)F)cc1. The smallest absolute Gasteiger partial charge is 0.434 e. The van der Waals surface area contributed by atoms with Crippen molar-refractivity contribution in [3.05, 3.63) is 66.1 Å². The largest absolute Gasteiger partial charge is 0.497 e. The fourth-order valence-corrected chi connectivity index (χ4v) is 3.93. The van der Waals surface area contributed by atoms with Gasteiger partial charge >= 0.3 is 6.18 Å². The predicted molar refractivity (Wildman–Crippen MR) is 91.7 cm³/mol. The number of rotatable bonds is 4. The number of methoxy groups -OCH3 is 1. The maximum absolute atomic E-state index is 13.7. The van der Waals surface area contributed by atoms with E-state index >= 15 is 0 Å². The van der Waals surface area contributed by atoms with E-state index in [1.807, 2.05) is 0 Å². The van der Waals surface area contributed by atoms with Gasteiger partial charge in [0.1, 0.15) is 12.1 Å². The van der Waals surface area contributed by atoms with Crippen LogP contribution in [0.25, 0.3) is 5.69 Å². The second-order valence-corrected chi connectivity index (χ2v) is 7.65. The Kier molecular flexibility index (Phi) is 4.73. The lowest BCUT2D eigenvalue weighted by Crippen LogP contribution is -2.17. The Morgan fingerprint density at radius 1 is 1.00 bits per heavy atom. The summed E-state index contributed by atoms with van der Waals surface area (Å²) in [5.74, 6) is 0.458. The number of sulfone groups is 1. The summed E-state index contributed by atoms with van der Waals surface area (Å²) in [6.07, 6.45) is -4.07. The Morgan fingerprint density at radius 3 is 2.11 bits per heavy atom. The molecule has 1 heterocycles. The third-order valence-corrected chi connectivity index (χ3v) is 5.64. The number of benzene rings is 2. The van der Waals surface area contributed by atoms with E-state index in [-0.39, 0.29) is 10.6 Å². The highest BCUT2D eigenvalue weighted by Gasteiger charge is 2.43. The van der Waals surface area contributed by atoms with E-state index in [2.05, 4.69) is 4.98 Å². The highest BCUT2D eigenvalue weighted by atomic mass is 32.2. The van der Waals surface area contributed by atoms with Gasteiger partial charge in [0.05, 0.1) is 12.0 Å². The lowest BCUT2D eigenvalue weighted by atomic mass is 10.2. The van der Waals surface area contributed by atoms with Crippen LogP contribution in [0, 0.1) is 6.92 Å². The van der Waals surface area contributed by atoms with Crippen molar-refractivity contribution in [2.75, 3.05) is 7.11 Å². The van der Waals surface area contributed by atoms with E-state index < -0.39 is 26.7 Å². The van der Waals surface area contributed by atoms with Crippen LogP contribution in [0.15, 0.2) is 64.8 Å². The van der Waals surface area contributed by atoms with Gasteiger partial charge in [-0.3, -0.25) is 4.57 Å². The van der Waals surface area contributed by atoms with Gasteiger partial charge in [-0.25, -0.2) is 13.4 Å². The molecule has 0 bridgehead atoms. The Balaban J connectivity index is 2.19. The molecular weight excluding hydrogens is 381 g/mol. The number of halogens is 3. The zero-order chi connectivity index (χ0) is 19.8. The molecule has 3 aromatic rings. The predicted octanol–water partition coefficient (Wildman–Crippen LogP) is 4.04. The topological polar surface area (TPSA) is 61.2 Å². The van der Waals surface area contributed by atoms with Gasteiger partial charge in [-0.05, 0) is 43.3 Å². The van der Waals surface area contributed by atoms with Gasteiger partial charge in [0.2, 0.25) is 9.84 Å². The average molecular weight is 396 g/mol. The quantitative estimate of drug-likeness (QED) is 0.668. The second-order valence-electron chi connectivity index (χ2n) is 5.78. The molecule has 0 aliphatic carbocycles. The normalized spacial score (nSPS) is 12.2. The molecule has 0 atom stereocenters. The van der Waals surface area contributed by atoms with E-state index in [4.69, 9.17) is 4.74 Å². The van der Waals surface area contributed by atoms with Gasteiger partial charge in [0.25, 0.3) is 0 Å². The molecule has 2 aromatic carbocycles. The molecule has 9 heteroatoms. The third kappa shape index (κ3) is 3.55.